The maximum Gasteiger partial charge on any atom is 0.0646 e. The van der Waals surface area contributed by atoms with Crippen LogP contribution in [0, 0.1) is 0 Å². The Labute approximate surface area is 87.1 Å². The van der Waals surface area contributed by atoms with E-state index < -0.39 is 0 Å². The smallest absolute Gasteiger partial charge is 0.0646 e. The van der Waals surface area contributed by atoms with E-state index in [1.54, 1.807) is 0 Å². The van der Waals surface area contributed by atoms with Crippen molar-refractivity contribution in [3.63, 3.8) is 0 Å². The Morgan fingerprint density at radius 2 is 2.29 bits per heavy atom. The summed E-state index contributed by atoms with van der Waals surface area (Å²) in [4.78, 5) is 2.35. The van der Waals surface area contributed by atoms with Gasteiger partial charge < -0.3 is 4.90 Å². The van der Waals surface area contributed by atoms with Gasteiger partial charge in [-0.05, 0) is 40.3 Å². The maximum atomic E-state index is 4.07. The molecule has 1 aliphatic heterocycles. The lowest BCUT2D eigenvalue weighted by atomic mass is 10.1. The first-order valence-electron chi connectivity index (χ1n) is 5.22. The average molecular weight is 195 g/mol. The van der Waals surface area contributed by atoms with E-state index in [1.165, 1.54) is 25.0 Å². The third kappa shape index (κ3) is 3.14. The van der Waals surface area contributed by atoms with Crippen molar-refractivity contribution in [1.82, 2.24) is 9.91 Å². The number of allylic oxidation sites excluding steroid dienone is 1. The van der Waals surface area contributed by atoms with Crippen molar-refractivity contribution in [2.24, 2.45) is 5.10 Å². The molecular weight excluding hydrogens is 174 g/mol. The van der Waals surface area contributed by atoms with Gasteiger partial charge >= 0.3 is 0 Å². The Bertz CT molecular complexity index is 219. The average Bonchev–Trinajstić information content (AvgIpc) is 2.14. The molecule has 0 spiro atoms. The van der Waals surface area contributed by atoms with Crippen molar-refractivity contribution in [2.75, 3.05) is 20.1 Å². The summed E-state index contributed by atoms with van der Waals surface area (Å²) >= 11 is 0. The van der Waals surface area contributed by atoms with E-state index in [4.69, 9.17) is 0 Å². The second-order valence-electron chi connectivity index (χ2n) is 4.29. The number of hydrogen-bond acceptors (Lipinski definition) is 3. The van der Waals surface area contributed by atoms with Crippen molar-refractivity contribution >= 4 is 6.72 Å². The van der Waals surface area contributed by atoms with Crippen LogP contribution in [0.25, 0.3) is 0 Å². The summed E-state index contributed by atoms with van der Waals surface area (Å²) in [6, 6.07) is 0.501. The van der Waals surface area contributed by atoms with Crippen LogP contribution >= 0.6 is 0 Å². The van der Waals surface area contributed by atoms with E-state index in [9.17, 15) is 0 Å². The third-order valence-corrected chi connectivity index (χ3v) is 2.53. The Morgan fingerprint density at radius 3 is 2.79 bits per heavy atom. The first-order valence-corrected chi connectivity index (χ1v) is 5.22. The number of piperidine rings is 1. The summed E-state index contributed by atoms with van der Waals surface area (Å²) in [5.41, 5.74) is 1.27. The fourth-order valence-corrected chi connectivity index (χ4v) is 1.88. The number of likely N-dealkylation sites (N-methyl/N-ethyl adjacent to an activating group) is 1. The number of hydrogen-bond donors (Lipinski definition) is 0. The van der Waals surface area contributed by atoms with Crippen molar-refractivity contribution < 1.29 is 0 Å². The molecule has 3 heteroatoms. The molecule has 1 aliphatic rings. The number of likely N-dealkylation sites (tertiary alicyclic amines) is 1. The highest BCUT2D eigenvalue weighted by molar-refractivity contribution is 5.23. The minimum Gasteiger partial charge on any atom is -0.304 e. The van der Waals surface area contributed by atoms with Crippen LogP contribution < -0.4 is 0 Å². The molecule has 0 aromatic carbocycles. The van der Waals surface area contributed by atoms with Gasteiger partial charge in [0.2, 0.25) is 0 Å². The predicted octanol–water partition coefficient (Wildman–Crippen LogP) is 1.92. The van der Waals surface area contributed by atoms with Gasteiger partial charge in [-0.2, -0.15) is 5.10 Å². The SMILES string of the molecule is C=NN(C=C(C)C)C1CCCN(C)C1. The van der Waals surface area contributed by atoms with Gasteiger partial charge in [0.1, 0.15) is 0 Å². The fourth-order valence-electron chi connectivity index (χ4n) is 1.88. The van der Waals surface area contributed by atoms with Gasteiger partial charge in [-0.1, -0.05) is 5.57 Å². The predicted molar refractivity (Wildman–Crippen MR) is 61.3 cm³/mol. The summed E-state index contributed by atoms with van der Waals surface area (Å²) in [5.74, 6) is 0. The minimum atomic E-state index is 0.501. The minimum absolute atomic E-state index is 0.501. The van der Waals surface area contributed by atoms with E-state index >= 15 is 0 Å². The molecular formula is C11H21N3. The van der Waals surface area contributed by atoms with Gasteiger partial charge in [0, 0.05) is 19.5 Å². The quantitative estimate of drug-likeness (QED) is 0.506. The number of nitrogens with zero attached hydrogens (tertiary/aromatic N) is 3. The van der Waals surface area contributed by atoms with Crippen LogP contribution in [0.2, 0.25) is 0 Å². The molecule has 0 N–H and O–H groups in total. The van der Waals surface area contributed by atoms with Gasteiger partial charge in [-0.15, -0.1) is 0 Å². The first-order chi connectivity index (χ1) is 6.63. The van der Waals surface area contributed by atoms with Gasteiger partial charge in [0.25, 0.3) is 0 Å². The lowest BCUT2D eigenvalue weighted by molar-refractivity contribution is 0.154. The monoisotopic (exact) mass is 195 g/mol. The number of hydrazone groups is 1. The van der Waals surface area contributed by atoms with E-state index in [0.29, 0.717) is 6.04 Å². The zero-order chi connectivity index (χ0) is 10.6. The lowest BCUT2D eigenvalue weighted by Gasteiger charge is -2.34. The van der Waals surface area contributed by atoms with Crippen LogP contribution in [0.1, 0.15) is 26.7 Å². The van der Waals surface area contributed by atoms with Crippen LogP contribution in [0.3, 0.4) is 0 Å². The standard InChI is InChI=1S/C11H21N3/c1-10(2)8-14(12-3)11-6-5-7-13(4)9-11/h8,11H,3,5-7,9H2,1-2,4H3. The Balaban J connectivity index is 2.59. The molecule has 0 amide bonds. The second kappa shape index (κ2) is 5.15. The molecule has 1 atom stereocenters. The summed E-state index contributed by atoms with van der Waals surface area (Å²) in [5, 5.41) is 6.07. The summed E-state index contributed by atoms with van der Waals surface area (Å²) in [7, 11) is 2.16. The van der Waals surface area contributed by atoms with E-state index in [2.05, 4.69) is 43.8 Å². The normalized spacial score (nSPS) is 22.9. The molecule has 0 aliphatic carbocycles. The van der Waals surface area contributed by atoms with Crippen molar-refractivity contribution in [1.29, 1.82) is 0 Å². The highest BCUT2D eigenvalue weighted by Gasteiger charge is 2.20. The molecule has 0 aromatic rings. The largest absolute Gasteiger partial charge is 0.304 e. The first kappa shape index (κ1) is 11.2. The van der Waals surface area contributed by atoms with Crippen LogP contribution in [-0.2, 0) is 0 Å². The van der Waals surface area contributed by atoms with Crippen molar-refractivity contribution in [3.8, 4) is 0 Å². The molecule has 0 bridgehead atoms. The summed E-state index contributed by atoms with van der Waals surface area (Å²) < 4.78 is 0. The molecule has 1 rings (SSSR count). The van der Waals surface area contributed by atoms with Crippen LogP contribution in [0.5, 0.6) is 0 Å². The molecule has 1 saturated heterocycles. The summed E-state index contributed by atoms with van der Waals surface area (Å²) in [6.07, 6.45) is 4.55. The fraction of sp³-hybridized carbons (Fsp3) is 0.727. The molecule has 0 radical (unpaired) electrons. The van der Waals surface area contributed by atoms with Gasteiger partial charge in [-0.25, -0.2) is 0 Å². The van der Waals surface area contributed by atoms with E-state index in [-0.39, 0.29) is 0 Å². The summed E-state index contributed by atoms with van der Waals surface area (Å²) in [6.45, 7) is 10.1. The number of rotatable bonds is 3. The molecule has 0 aromatic heterocycles. The van der Waals surface area contributed by atoms with Crippen molar-refractivity contribution in [2.45, 2.75) is 32.7 Å². The molecule has 1 fully saturated rings. The van der Waals surface area contributed by atoms with Gasteiger partial charge in [-0.3, -0.25) is 5.01 Å². The maximum absolute atomic E-state index is 4.07. The van der Waals surface area contributed by atoms with E-state index in [0.717, 1.165) is 6.54 Å². The topological polar surface area (TPSA) is 18.8 Å². The van der Waals surface area contributed by atoms with Crippen LogP contribution in [-0.4, -0.2) is 42.8 Å². The van der Waals surface area contributed by atoms with Crippen LogP contribution in [0.4, 0.5) is 0 Å². The Morgan fingerprint density at radius 1 is 1.57 bits per heavy atom. The molecule has 3 nitrogen and oxygen atoms in total. The zero-order valence-electron chi connectivity index (χ0n) is 9.53. The third-order valence-electron chi connectivity index (χ3n) is 2.53. The molecule has 0 saturated carbocycles. The molecule has 80 valence electrons. The highest BCUT2D eigenvalue weighted by Crippen LogP contribution is 2.15. The van der Waals surface area contributed by atoms with Gasteiger partial charge in [0.05, 0.1) is 6.04 Å². The Hall–Kier alpha value is -0.830. The van der Waals surface area contributed by atoms with Crippen molar-refractivity contribution in [3.05, 3.63) is 11.8 Å². The highest BCUT2D eigenvalue weighted by atomic mass is 15.5. The van der Waals surface area contributed by atoms with Gasteiger partial charge in [0.15, 0.2) is 0 Å². The molecule has 1 unspecified atom stereocenters. The lowest BCUT2D eigenvalue weighted by Crippen LogP contribution is -2.42. The van der Waals surface area contributed by atoms with E-state index in [1.807, 2.05) is 5.01 Å². The molecule has 14 heavy (non-hydrogen) atoms. The van der Waals surface area contributed by atoms with Crippen LogP contribution in [0.15, 0.2) is 16.9 Å². The zero-order valence-corrected chi connectivity index (χ0v) is 9.53. The second-order valence-corrected chi connectivity index (χ2v) is 4.29. The Kier molecular flexibility index (Phi) is 4.14. The molecule has 1 heterocycles.